The third kappa shape index (κ3) is 6.57. The third-order valence-electron chi connectivity index (χ3n) is 3.62. The molecule has 7 nitrogen and oxygen atoms in total. The second-order valence-electron chi connectivity index (χ2n) is 5.58. The molecular weight excluding hydrogens is 276 g/mol. The quantitative estimate of drug-likeness (QED) is 0.586. The van der Waals surface area contributed by atoms with Gasteiger partial charge in [-0.2, -0.15) is 0 Å². The fourth-order valence-electron chi connectivity index (χ4n) is 2.34. The van der Waals surface area contributed by atoms with Gasteiger partial charge in [0, 0.05) is 6.42 Å². The standard InChI is InChI=1S/C14H24N2O5/c1-9(15)13(18)16-11(14(19)20)8-21-12(17)7-10-5-3-2-4-6-10/h9-11H,2-8,15H2,1H3,(H,16,18)(H,19,20)/t9-,11-/m0/s1. The molecule has 0 aromatic heterocycles. The summed E-state index contributed by atoms with van der Waals surface area (Å²) in [5.74, 6) is -1.93. The summed E-state index contributed by atoms with van der Waals surface area (Å²) in [6.07, 6.45) is 5.79. The van der Waals surface area contributed by atoms with Crippen LogP contribution >= 0.6 is 0 Å². The van der Waals surface area contributed by atoms with Gasteiger partial charge >= 0.3 is 11.9 Å². The highest BCUT2D eigenvalue weighted by Crippen LogP contribution is 2.26. The van der Waals surface area contributed by atoms with Crippen LogP contribution in [-0.2, 0) is 19.1 Å². The van der Waals surface area contributed by atoms with Crippen molar-refractivity contribution in [2.24, 2.45) is 11.7 Å². The topological polar surface area (TPSA) is 119 Å². The highest BCUT2D eigenvalue weighted by molar-refractivity contribution is 5.86. The Balaban J connectivity index is 2.36. The number of carbonyl (C=O) groups is 3. The summed E-state index contributed by atoms with van der Waals surface area (Å²) >= 11 is 0. The van der Waals surface area contributed by atoms with Crippen LogP contribution in [0, 0.1) is 5.92 Å². The van der Waals surface area contributed by atoms with E-state index in [-0.39, 0.29) is 6.61 Å². The minimum atomic E-state index is -1.26. The van der Waals surface area contributed by atoms with Crippen LogP contribution in [0.5, 0.6) is 0 Å². The molecule has 1 fully saturated rings. The Labute approximate surface area is 124 Å². The molecule has 0 bridgehead atoms. The van der Waals surface area contributed by atoms with Crippen molar-refractivity contribution in [1.82, 2.24) is 5.32 Å². The molecule has 0 radical (unpaired) electrons. The number of ether oxygens (including phenoxy) is 1. The van der Waals surface area contributed by atoms with Crippen molar-refractivity contribution in [3.8, 4) is 0 Å². The normalized spacial score (nSPS) is 18.6. The lowest BCUT2D eigenvalue weighted by atomic mass is 9.87. The maximum atomic E-state index is 11.7. The number of nitrogens with one attached hydrogen (secondary N) is 1. The van der Waals surface area contributed by atoms with Crippen LogP contribution in [0.3, 0.4) is 0 Å². The summed E-state index contributed by atoms with van der Waals surface area (Å²) < 4.78 is 4.97. The molecule has 4 N–H and O–H groups in total. The third-order valence-corrected chi connectivity index (χ3v) is 3.62. The minimum absolute atomic E-state index is 0.313. The second-order valence-corrected chi connectivity index (χ2v) is 5.58. The predicted molar refractivity (Wildman–Crippen MR) is 75.4 cm³/mol. The molecule has 1 saturated carbocycles. The van der Waals surface area contributed by atoms with Gasteiger partial charge in [0.2, 0.25) is 5.91 Å². The van der Waals surface area contributed by atoms with Gasteiger partial charge < -0.3 is 20.9 Å². The second kappa shape index (κ2) is 8.61. The Hall–Kier alpha value is -1.63. The average molecular weight is 300 g/mol. The van der Waals surface area contributed by atoms with Gasteiger partial charge in [-0.1, -0.05) is 19.3 Å². The van der Waals surface area contributed by atoms with Crippen molar-refractivity contribution in [2.45, 2.75) is 57.5 Å². The van der Waals surface area contributed by atoms with Gasteiger partial charge in [0.15, 0.2) is 6.04 Å². The van der Waals surface area contributed by atoms with Gasteiger partial charge in [0.05, 0.1) is 6.04 Å². The number of carbonyl (C=O) groups excluding carboxylic acids is 2. The lowest BCUT2D eigenvalue weighted by Gasteiger charge is -2.21. The van der Waals surface area contributed by atoms with E-state index in [4.69, 9.17) is 15.6 Å². The SMILES string of the molecule is C[C@H](N)C(=O)N[C@@H](COC(=O)CC1CCCCC1)C(=O)O. The number of hydrogen-bond donors (Lipinski definition) is 3. The van der Waals surface area contributed by atoms with E-state index in [9.17, 15) is 14.4 Å². The predicted octanol–water partition coefficient (Wildman–Crippen LogP) is 0.417. The number of carboxylic acid groups (broad SMARTS) is 1. The summed E-state index contributed by atoms with van der Waals surface area (Å²) in [5, 5.41) is 11.2. The molecule has 0 aliphatic heterocycles. The van der Waals surface area contributed by atoms with E-state index in [0.717, 1.165) is 25.7 Å². The van der Waals surface area contributed by atoms with Gasteiger partial charge in [0.1, 0.15) is 6.61 Å². The Morgan fingerprint density at radius 1 is 1.29 bits per heavy atom. The molecular formula is C14H24N2O5. The first kappa shape index (κ1) is 17.4. The number of nitrogens with two attached hydrogens (primary N) is 1. The van der Waals surface area contributed by atoms with E-state index in [1.54, 1.807) is 0 Å². The molecule has 120 valence electrons. The largest absolute Gasteiger partial charge is 0.480 e. The number of amides is 1. The first-order chi connectivity index (χ1) is 9.90. The van der Waals surface area contributed by atoms with Crippen molar-refractivity contribution in [1.29, 1.82) is 0 Å². The van der Waals surface area contributed by atoms with Crippen LogP contribution < -0.4 is 11.1 Å². The molecule has 0 saturated heterocycles. The van der Waals surface area contributed by atoms with Gasteiger partial charge in [-0.3, -0.25) is 9.59 Å². The Bertz CT molecular complexity index is 378. The van der Waals surface area contributed by atoms with Crippen LogP contribution in [0.15, 0.2) is 0 Å². The summed E-state index contributed by atoms with van der Waals surface area (Å²) in [7, 11) is 0. The van der Waals surface area contributed by atoms with Crippen LogP contribution in [0.25, 0.3) is 0 Å². The van der Waals surface area contributed by atoms with Gasteiger partial charge in [0.25, 0.3) is 0 Å². The Kier molecular flexibility index (Phi) is 7.14. The Morgan fingerprint density at radius 3 is 2.43 bits per heavy atom. The minimum Gasteiger partial charge on any atom is -0.480 e. The lowest BCUT2D eigenvalue weighted by Crippen LogP contribution is -2.49. The van der Waals surface area contributed by atoms with E-state index in [0.29, 0.717) is 12.3 Å². The summed E-state index contributed by atoms with van der Waals surface area (Å²) in [6.45, 7) is 1.07. The first-order valence-corrected chi connectivity index (χ1v) is 7.34. The Morgan fingerprint density at radius 2 is 1.90 bits per heavy atom. The number of hydrogen-bond acceptors (Lipinski definition) is 5. The molecule has 0 heterocycles. The number of esters is 1. The number of aliphatic carboxylic acids is 1. The van der Waals surface area contributed by atoms with E-state index >= 15 is 0 Å². The zero-order valence-electron chi connectivity index (χ0n) is 12.3. The fraction of sp³-hybridized carbons (Fsp3) is 0.786. The van der Waals surface area contributed by atoms with Gasteiger partial charge in [-0.25, -0.2) is 4.79 Å². The van der Waals surface area contributed by atoms with Crippen molar-refractivity contribution in [3.63, 3.8) is 0 Å². The molecule has 0 spiro atoms. The van der Waals surface area contributed by atoms with E-state index in [2.05, 4.69) is 5.32 Å². The summed E-state index contributed by atoms with van der Waals surface area (Å²) in [6, 6.07) is -2.08. The van der Waals surface area contributed by atoms with E-state index in [1.165, 1.54) is 13.3 Å². The molecule has 1 amide bonds. The molecule has 21 heavy (non-hydrogen) atoms. The highest BCUT2D eigenvalue weighted by Gasteiger charge is 2.24. The zero-order chi connectivity index (χ0) is 15.8. The average Bonchev–Trinajstić information content (AvgIpc) is 2.43. The van der Waals surface area contributed by atoms with E-state index < -0.39 is 29.9 Å². The zero-order valence-corrected chi connectivity index (χ0v) is 12.3. The van der Waals surface area contributed by atoms with Gasteiger partial charge in [-0.05, 0) is 25.7 Å². The van der Waals surface area contributed by atoms with E-state index in [1.807, 2.05) is 0 Å². The number of carboxylic acids is 1. The lowest BCUT2D eigenvalue weighted by molar-refractivity contribution is -0.151. The molecule has 0 aromatic rings. The molecule has 1 aliphatic rings. The molecule has 0 unspecified atom stereocenters. The smallest absolute Gasteiger partial charge is 0.329 e. The summed E-state index contributed by atoms with van der Waals surface area (Å²) in [4.78, 5) is 34.1. The van der Waals surface area contributed by atoms with Crippen molar-refractivity contribution in [2.75, 3.05) is 6.61 Å². The molecule has 0 aromatic carbocycles. The van der Waals surface area contributed by atoms with Crippen molar-refractivity contribution in [3.05, 3.63) is 0 Å². The van der Waals surface area contributed by atoms with Gasteiger partial charge in [-0.15, -0.1) is 0 Å². The van der Waals surface area contributed by atoms with Crippen molar-refractivity contribution >= 4 is 17.8 Å². The van der Waals surface area contributed by atoms with Crippen LogP contribution in [0.1, 0.15) is 45.4 Å². The number of rotatable bonds is 7. The summed E-state index contributed by atoms with van der Waals surface area (Å²) in [5.41, 5.74) is 5.35. The van der Waals surface area contributed by atoms with Crippen molar-refractivity contribution < 1.29 is 24.2 Å². The maximum Gasteiger partial charge on any atom is 0.329 e. The molecule has 7 heteroatoms. The van der Waals surface area contributed by atoms with Crippen LogP contribution in [-0.4, -0.2) is 41.6 Å². The van der Waals surface area contributed by atoms with Crippen LogP contribution in [0.4, 0.5) is 0 Å². The van der Waals surface area contributed by atoms with Crippen LogP contribution in [0.2, 0.25) is 0 Å². The fourth-order valence-corrected chi connectivity index (χ4v) is 2.34. The molecule has 1 aliphatic carbocycles. The highest BCUT2D eigenvalue weighted by atomic mass is 16.5. The molecule has 1 rings (SSSR count). The monoisotopic (exact) mass is 300 g/mol. The maximum absolute atomic E-state index is 11.7. The molecule has 2 atom stereocenters. The first-order valence-electron chi connectivity index (χ1n) is 7.34.